The molecule has 2 amide bonds. The molecule has 2 saturated carbocycles. The largest absolute Gasteiger partial charge is 0.481 e. The number of hydrogen-bond acceptors (Lipinski definition) is 4. The van der Waals surface area contributed by atoms with Crippen LogP contribution < -0.4 is 11.1 Å². The van der Waals surface area contributed by atoms with E-state index in [0.717, 1.165) is 38.5 Å². The minimum atomic E-state index is -0.894. The second kappa shape index (κ2) is 9.39. The van der Waals surface area contributed by atoms with Crippen LogP contribution in [0.1, 0.15) is 60.9 Å². The van der Waals surface area contributed by atoms with Crippen LogP contribution in [0.25, 0.3) is 0 Å². The van der Waals surface area contributed by atoms with Crippen molar-refractivity contribution in [2.75, 3.05) is 7.05 Å². The average Bonchev–Trinajstić information content (AvgIpc) is 2.66. The molecular weight excluding hydrogens is 370 g/mol. The molecule has 4 N–H and O–H groups in total. The first-order chi connectivity index (χ1) is 13.8. The Morgan fingerprint density at radius 3 is 2.24 bits per heavy atom. The number of hydrogen-bond donors (Lipinski definition) is 3. The second-order valence-corrected chi connectivity index (χ2v) is 8.41. The van der Waals surface area contributed by atoms with Gasteiger partial charge in [-0.2, -0.15) is 0 Å². The highest BCUT2D eigenvalue weighted by Crippen LogP contribution is 2.29. The summed E-state index contributed by atoms with van der Waals surface area (Å²) in [5, 5.41) is 11.9. The van der Waals surface area contributed by atoms with Gasteiger partial charge in [-0.1, -0.05) is 12.1 Å². The van der Waals surface area contributed by atoms with Crippen molar-refractivity contribution in [1.29, 1.82) is 0 Å². The first-order valence-corrected chi connectivity index (χ1v) is 10.5. The molecule has 2 fully saturated rings. The second-order valence-electron chi connectivity index (χ2n) is 8.41. The minimum absolute atomic E-state index is 0.0450. The number of amides is 2. The summed E-state index contributed by atoms with van der Waals surface area (Å²) in [7, 11) is 1.86. The van der Waals surface area contributed by atoms with Gasteiger partial charge in [0.2, 0.25) is 5.91 Å². The minimum Gasteiger partial charge on any atom is -0.481 e. The Hall–Kier alpha value is -2.41. The van der Waals surface area contributed by atoms with Gasteiger partial charge in [-0.25, -0.2) is 0 Å². The van der Waals surface area contributed by atoms with Gasteiger partial charge in [-0.05, 0) is 68.6 Å². The average molecular weight is 402 g/mol. The number of carboxylic acid groups (broad SMARTS) is 1. The number of carbonyl (C=O) groups excluding carboxylic acids is 2. The van der Waals surface area contributed by atoms with Crippen LogP contribution in [0.5, 0.6) is 0 Å². The van der Waals surface area contributed by atoms with E-state index in [1.807, 2.05) is 11.9 Å². The van der Waals surface area contributed by atoms with Crippen LogP contribution in [0.2, 0.25) is 0 Å². The summed E-state index contributed by atoms with van der Waals surface area (Å²) in [6, 6.07) is 6.62. The predicted molar refractivity (Wildman–Crippen MR) is 109 cm³/mol. The number of likely N-dealkylation sites (N-methyl/N-ethyl adjacent to an activating group) is 1. The summed E-state index contributed by atoms with van der Waals surface area (Å²) < 4.78 is 0. The van der Waals surface area contributed by atoms with E-state index in [2.05, 4.69) is 5.32 Å². The zero-order valence-corrected chi connectivity index (χ0v) is 17.0. The highest BCUT2D eigenvalue weighted by atomic mass is 16.4. The standard InChI is InChI=1S/C22H31N3O4/c1-25(18-3-2-4-18)22(29)20(23)15-9-11-17(12-10-15)24-21(28)16-7-5-14(6-8-16)13-19(26)27/h5-8,15,17-18,20H,2-4,9-13,23H2,1H3,(H,24,28)(H,26,27)/t15?,17?,20-/m0/s1. The first-order valence-electron chi connectivity index (χ1n) is 10.5. The zero-order chi connectivity index (χ0) is 21.0. The molecule has 0 bridgehead atoms. The lowest BCUT2D eigenvalue weighted by molar-refractivity contribution is -0.137. The van der Waals surface area contributed by atoms with E-state index in [9.17, 15) is 14.4 Å². The summed E-state index contributed by atoms with van der Waals surface area (Å²) in [5.41, 5.74) is 7.47. The quantitative estimate of drug-likeness (QED) is 0.646. The SMILES string of the molecule is CN(C(=O)[C@@H](N)C1CCC(NC(=O)c2ccc(CC(=O)O)cc2)CC1)C1CCC1. The molecule has 0 aromatic heterocycles. The summed E-state index contributed by atoms with van der Waals surface area (Å²) in [6.45, 7) is 0. The van der Waals surface area contributed by atoms with Crippen molar-refractivity contribution in [3.05, 3.63) is 35.4 Å². The fourth-order valence-corrected chi connectivity index (χ4v) is 4.23. The molecule has 1 atom stereocenters. The number of rotatable bonds is 7. The molecular formula is C22H31N3O4. The molecule has 0 aliphatic heterocycles. The third-order valence-corrected chi connectivity index (χ3v) is 6.44. The monoisotopic (exact) mass is 401 g/mol. The Kier molecular flexibility index (Phi) is 6.90. The van der Waals surface area contributed by atoms with Gasteiger partial charge in [0.1, 0.15) is 0 Å². The Morgan fingerprint density at radius 2 is 1.72 bits per heavy atom. The van der Waals surface area contributed by atoms with E-state index in [-0.39, 0.29) is 30.2 Å². The number of nitrogens with two attached hydrogens (primary N) is 1. The van der Waals surface area contributed by atoms with Crippen molar-refractivity contribution in [3.8, 4) is 0 Å². The number of nitrogens with zero attached hydrogens (tertiary/aromatic N) is 1. The first kappa shape index (κ1) is 21.3. The zero-order valence-electron chi connectivity index (χ0n) is 17.0. The van der Waals surface area contributed by atoms with E-state index >= 15 is 0 Å². The van der Waals surface area contributed by atoms with Crippen LogP contribution in [-0.2, 0) is 16.0 Å². The molecule has 0 saturated heterocycles. The number of aliphatic carboxylic acids is 1. The van der Waals surface area contributed by atoms with E-state index in [0.29, 0.717) is 17.2 Å². The van der Waals surface area contributed by atoms with Gasteiger partial charge in [-0.15, -0.1) is 0 Å². The van der Waals surface area contributed by atoms with E-state index in [1.54, 1.807) is 24.3 Å². The number of nitrogens with one attached hydrogen (secondary N) is 1. The lowest BCUT2D eigenvalue weighted by atomic mass is 9.80. The topological polar surface area (TPSA) is 113 Å². The van der Waals surface area contributed by atoms with Crippen molar-refractivity contribution in [1.82, 2.24) is 10.2 Å². The van der Waals surface area contributed by atoms with Gasteiger partial charge in [-0.3, -0.25) is 14.4 Å². The molecule has 29 heavy (non-hydrogen) atoms. The molecule has 1 aromatic carbocycles. The fraction of sp³-hybridized carbons (Fsp3) is 0.591. The highest BCUT2D eigenvalue weighted by Gasteiger charge is 2.34. The normalized spacial score (nSPS) is 23.0. The van der Waals surface area contributed by atoms with Crippen LogP contribution in [0.15, 0.2) is 24.3 Å². The van der Waals surface area contributed by atoms with Crippen molar-refractivity contribution in [2.45, 2.75) is 69.5 Å². The fourth-order valence-electron chi connectivity index (χ4n) is 4.23. The number of benzene rings is 1. The maximum absolute atomic E-state index is 12.6. The van der Waals surface area contributed by atoms with E-state index in [4.69, 9.17) is 10.8 Å². The maximum atomic E-state index is 12.6. The van der Waals surface area contributed by atoms with E-state index < -0.39 is 12.0 Å². The molecule has 2 aliphatic rings. The number of carboxylic acids is 1. The molecule has 1 aromatic rings. The molecule has 0 radical (unpaired) electrons. The molecule has 0 spiro atoms. The maximum Gasteiger partial charge on any atom is 0.307 e. The molecule has 0 unspecified atom stereocenters. The Balaban J connectivity index is 1.45. The van der Waals surface area contributed by atoms with Crippen molar-refractivity contribution in [2.24, 2.45) is 11.7 Å². The van der Waals surface area contributed by atoms with Gasteiger partial charge in [0.15, 0.2) is 0 Å². The summed E-state index contributed by atoms with van der Waals surface area (Å²) >= 11 is 0. The van der Waals surface area contributed by atoms with Gasteiger partial charge in [0.25, 0.3) is 5.91 Å². The van der Waals surface area contributed by atoms with Crippen LogP contribution in [0.4, 0.5) is 0 Å². The van der Waals surface area contributed by atoms with Crippen molar-refractivity contribution in [3.63, 3.8) is 0 Å². The summed E-state index contributed by atoms with van der Waals surface area (Å²) in [6.07, 6.45) is 6.55. The molecule has 7 heteroatoms. The lowest BCUT2D eigenvalue weighted by Gasteiger charge is -2.38. The Bertz CT molecular complexity index is 737. The third-order valence-electron chi connectivity index (χ3n) is 6.44. The Morgan fingerprint density at radius 1 is 1.10 bits per heavy atom. The van der Waals surface area contributed by atoms with Crippen LogP contribution in [-0.4, -0.2) is 53.0 Å². The van der Waals surface area contributed by atoms with Gasteiger partial charge >= 0.3 is 5.97 Å². The van der Waals surface area contributed by atoms with Gasteiger partial charge < -0.3 is 21.1 Å². The van der Waals surface area contributed by atoms with E-state index in [1.165, 1.54) is 6.42 Å². The van der Waals surface area contributed by atoms with Crippen molar-refractivity contribution >= 4 is 17.8 Å². The predicted octanol–water partition coefficient (Wildman–Crippen LogP) is 1.94. The summed E-state index contributed by atoms with van der Waals surface area (Å²) in [4.78, 5) is 37.6. The molecule has 0 heterocycles. The smallest absolute Gasteiger partial charge is 0.307 e. The van der Waals surface area contributed by atoms with Crippen LogP contribution in [0.3, 0.4) is 0 Å². The van der Waals surface area contributed by atoms with Crippen LogP contribution in [0, 0.1) is 5.92 Å². The van der Waals surface area contributed by atoms with Gasteiger partial charge in [0.05, 0.1) is 12.5 Å². The molecule has 7 nitrogen and oxygen atoms in total. The third kappa shape index (κ3) is 5.35. The lowest BCUT2D eigenvalue weighted by Crippen LogP contribution is -2.52. The highest BCUT2D eigenvalue weighted by molar-refractivity contribution is 5.94. The van der Waals surface area contributed by atoms with Crippen molar-refractivity contribution < 1.29 is 19.5 Å². The molecule has 158 valence electrons. The number of carbonyl (C=O) groups is 3. The van der Waals surface area contributed by atoms with Crippen LogP contribution >= 0.6 is 0 Å². The Labute approximate surface area is 171 Å². The summed E-state index contributed by atoms with van der Waals surface area (Å²) in [5.74, 6) is -0.841. The molecule has 2 aliphatic carbocycles. The molecule has 3 rings (SSSR count). The van der Waals surface area contributed by atoms with Gasteiger partial charge in [0, 0.05) is 24.7 Å².